The lowest BCUT2D eigenvalue weighted by atomic mass is 10.2. The third kappa shape index (κ3) is 4.67. The monoisotopic (exact) mass is 222 g/mol. The van der Waals surface area contributed by atoms with E-state index in [0.29, 0.717) is 12.6 Å². The molecule has 0 aromatic carbocycles. The highest BCUT2D eigenvalue weighted by molar-refractivity contribution is 5.78. The van der Waals surface area contributed by atoms with Crippen LogP contribution in [0.1, 0.15) is 45.4 Å². The van der Waals surface area contributed by atoms with Crippen LogP contribution in [0.4, 0.5) is 0 Å². The minimum atomic E-state index is 0.0272. The van der Waals surface area contributed by atoms with Gasteiger partial charge in [0.15, 0.2) is 0 Å². The summed E-state index contributed by atoms with van der Waals surface area (Å²) < 4.78 is 0. The Balaban J connectivity index is 2.16. The molecule has 1 atom stereocenters. The Kier molecular flexibility index (Phi) is 5.95. The quantitative estimate of drug-likeness (QED) is 0.668. The SMILES string of the molecule is C#CC(CCC)NCC(=O)NC1CCCC1. The minimum absolute atomic E-state index is 0.0272. The van der Waals surface area contributed by atoms with Crippen LogP contribution < -0.4 is 10.6 Å². The summed E-state index contributed by atoms with van der Waals surface area (Å²) in [6.45, 7) is 2.43. The van der Waals surface area contributed by atoms with Gasteiger partial charge in [0.1, 0.15) is 0 Å². The second kappa shape index (κ2) is 7.29. The summed E-state index contributed by atoms with van der Waals surface area (Å²) >= 11 is 0. The zero-order valence-corrected chi connectivity index (χ0v) is 10.1. The van der Waals surface area contributed by atoms with Crippen molar-refractivity contribution in [2.24, 2.45) is 0 Å². The van der Waals surface area contributed by atoms with Crippen molar-refractivity contribution in [3.05, 3.63) is 0 Å². The predicted molar refractivity (Wildman–Crippen MR) is 65.9 cm³/mol. The molecule has 1 unspecified atom stereocenters. The first kappa shape index (κ1) is 13.1. The van der Waals surface area contributed by atoms with Gasteiger partial charge >= 0.3 is 0 Å². The van der Waals surface area contributed by atoms with Crippen molar-refractivity contribution in [3.63, 3.8) is 0 Å². The Morgan fingerprint density at radius 3 is 2.75 bits per heavy atom. The van der Waals surface area contributed by atoms with Crippen molar-refractivity contribution in [2.45, 2.75) is 57.5 Å². The summed E-state index contributed by atoms with van der Waals surface area (Å²) in [7, 11) is 0. The third-order valence-corrected chi connectivity index (χ3v) is 3.01. The largest absolute Gasteiger partial charge is 0.352 e. The van der Waals surface area contributed by atoms with Crippen molar-refractivity contribution >= 4 is 5.91 Å². The van der Waals surface area contributed by atoms with Gasteiger partial charge in [-0.1, -0.05) is 32.1 Å². The lowest BCUT2D eigenvalue weighted by molar-refractivity contribution is -0.121. The van der Waals surface area contributed by atoms with Gasteiger partial charge in [0.25, 0.3) is 0 Å². The molecule has 0 aromatic heterocycles. The number of nitrogens with one attached hydrogen (secondary N) is 2. The Morgan fingerprint density at radius 2 is 2.19 bits per heavy atom. The maximum absolute atomic E-state index is 11.6. The van der Waals surface area contributed by atoms with Crippen LogP contribution in [-0.4, -0.2) is 24.5 Å². The number of hydrogen-bond acceptors (Lipinski definition) is 2. The molecule has 1 rings (SSSR count). The Morgan fingerprint density at radius 1 is 1.50 bits per heavy atom. The molecule has 2 N–H and O–H groups in total. The number of carbonyl (C=O) groups is 1. The van der Waals surface area contributed by atoms with Crippen LogP contribution in [0.2, 0.25) is 0 Å². The standard InChI is InChI=1S/C13H22N2O/c1-3-7-11(4-2)14-10-13(16)15-12-8-5-6-9-12/h2,11-12,14H,3,5-10H2,1H3,(H,15,16). The summed E-state index contributed by atoms with van der Waals surface area (Å²) in [5.74, 6) is 2.73. The molecule has 1 fully saturated rings. The average Bonchev–Trinajstić information content (AvgIpc) is 2.76. The molecule has 1 aliphatic carbocycles. The van der Waals surface area contributed by atoms with Crippen molar-refractivity contribution in [2.75, 3.05) is 6.54 Å². The van der Waals surface area contributed by atoms with E-state index < -0.39 is 0 Å². The van der Waals surface area contributed by atoms with E-state index in [4.69, 9.17) is 6.42 Å². The third-order valence-electron chi connectivity index (χ3n) is 3.01. The van der Waals surface area contributed by atoms with Gasteiger partial charge in [-0.25, -0.2) is 0 Å². The van der Waals surface area contributed by atoms with Crippen LogP contribution in [-0.2, 0) is 4.79 Å². The van der Waals surface area contributed by atoms with Gasteiger partial charge in [-0.2, -0.15) is 0 Å². The fraction of sp³-hybridized carbons (Fsp3) is 0.769. The molecule has 90 valence electrons. The predicted octanol–water partition coefficient (Wildman–Crippen LogP) is 1.44. The Hall–Kier alpha value is -1.01. The second-order valence-corrected chi connectivity index (χ2v) is 4.44. The summed E-state index contributed by atoms with van der Waals surface area (Å²) in [4.78, 5) is 11.6. The fourth-order valence-corrected chi connectivity index (χ4v) is 2.10. The zero-order valence-electron chi connectivity index (χ0n) is 10.1. The highest BCUT2D eigenvalue weighted by Gasteiger charge is 2.17. The highest BCUT2D eigenvalue weighted by atomic mass is 16.1. The van der Waals surface area contributed by atoms with Crippen LogP contribution in [0.3, 0.4) is 0 Å². The van der Waals surface area contributed by atoms with E-state index in [1.54, 1.807) is 0 Å². The first-order valence-electron chi connectivity index (χ1n) is 6.25. The number of carbonyl (C=O) groups excluding carboxylic acids is 1. The van der Waals surface area contributed by atoms with Gasteiger partial charge in [-0.05, 0) is 19.3 Å². The topological polar surface area (TPSA) is 41.1 Å². The molecule has 0 spiro atoms. The smallest absolute Gasteiger partial charge is 0.234 e. The number of terminal acetylenes is 1. The van der Waals surface area contributed by atoms with Crippen LogP contribution in [0, 0.1) is 12.3 Å². The molecule has 1 aliphatic rings. The van der Waals surface area contributed by atoms with Gasteiger partial charge in [-0.3, -0.25) is 10.1 Å². The first-order valence-corrected chi connectivity index (χ1v) is 6.25. The number of hydrogen-bond donors (Lipinski definition) is 2. The number of rotatable bonds is 6. The number of amides is 1. The van der Waals surface area contributed by atoms with Crippen LogP contribution in [0.5, 0.6) is 0 Å². The molecular formula is C13H22N2O. The van der Waals surface area contributed by atoms with Gasteiger partial charge in [0, 0.05) is 6.04 Å². The van der Waals surface area contributed by atoms with Crippen LogP contribution in [0.25, 0.3) is 0 Å². The summed E-state index contributed by atoms with van der Waals surface area (Å²) in [6, 6.07) is 0.420. The maximum Gasteiger partial charge on any atom is 0.234 e. The van der Waals surface area contributed by atoms with E-state index in [0.717, 1.165) is 25.7 Å². The molecule has 3 heteroatoms. The fourth-order valence-electron chi connectivity index (χ4n) is 2.10. The molecule has 16 heavy (non-hydrogen) atoms. The molecule has 0 bridgehead atoms. The van der Waals surface area contributed by atoms with Crippen LogP contribution in [0.15, 0.2) is 0 Å². The van der Waals surface area contributed by atoms with Crippen molar-refractivity contribution in [1.29, 1.82) is 0 Å². The molecule has 1 amide bonds. The lowest BCUT2D eigenvalue weighted by Gasteiger charge is -2.14. The van der Waals surface area contributed by atoms with E-state index in [1.165, 1.54) is 12.8 Å². The maximum atomic E-state index is 11.6. The molecule has 0 aliphatic heterocycles. The minimum Gasteiger partial charge on any atom is -0.352 e. The molecule has 1 saturated carbocycles. The van der Waals surface area contributed by atoms with Crippen molar-refractivity contribution in [3.8, 4) is 12.3 Å². The molecule has 0 heterocycles. The second-order valence-electron chi connectivity index (χ2n) is 4.44. The van der Waals surface area contributed by atoms with Crippen molar-refractivity contribution in [1.82, 2.24) is 10.6 Å². The Labute approximate surface area is 98.4 Å². The van der Waals surface area contributed by atoms with Gasteiger partial charge in [0.2, 0.25) is 5.91 Å². The van der Waals surface area contributed by atoms with Crippen LogP contribution >= 0.6 is 0 Å². The first-order chi connectivity index (χ1) is 7.76. The molecule has 3 nitrogen and oxygen atoms in total. The van der Waals surface area contributed by atoms with E-state index in [-0.39, 0.29) is 11.9 Å². The van der Waals surface area contributed by atoms with E-state index >= 15 is 0 Å². The van der Waals surface area contributed by atoms with Gasteiger partial charge in [0.05, 0.1) is 12.6 Å². The van der Waals surface area contributed by atoms with Crippen molar-refractivity contribution < 1.29 is 4.79 Å². The average molecular weight is 222 g/mol. The lowest BCUT2D eigenvalue weighted by Crippen LogP contribution is -2.42. The molecule has 0 radical (unpaired) electrons. The van der Waals surface area contributed by atoms with E-state index in [2.05, 4.69) is 23.5 Å². The Bertz CT molecular complexity index is 251. The summed E-state index contributed by atoms with van der Waals surface area (Å²) in [6.07, 6.45) is 12.0. The summed E-state index contributed by atoms with van der Waals surface area (Å²) in [5, 5.41) is 6.13. The zero-order chi connectivity index (χ0) is 11.8. The van der Waals surface area contributed by atoms with Gasteiger partial charge in [-0.15, -0.1) is 6.42 Å². The normalized spacial score (nSPS) is 18.0. The van der Waals surface area contributed by atoms with E-state index in [9.17, 15) is 4.79 Å². The molecular weight excluding hydrogens is 200 g/mol. The molecule has 0 aromatic rings. The summed E-state index contributed by atoms with van der Waals surface area (Å²) in [5.41, 5.74) is 0. The van der Waals surface area contributed by atoms with Gasteiger partial charge < -0.3 is 5.32 Å². The highest BCUT2D eigenvalue weighted by Crippen LogP contribution is 2.17. The van der Waals surface area contributed by atoms with E-state index in [1.807, 2.05) is 0 Å². The molecule has 0 saturated heterocycles.